The van der Waals surface area contributed by atoms with Gasteiger partial charge in [-0.05, 0) is 30.6 Å². The predicted octanol–water partition coefficient (Wildman–Crippen LogP) is -1.77. The van der Waals surface area contributed by atoms with Crippen molar-refractivity contribution in [2.24, 2.45) is 7.05 Å². The van der Waals surface area contributed by atoms with Crippen LogP contribution in [0.2, 0.25) is 0 Å². The summed E-state index contributed by atoms with van der Waals surface area (Å²) in [5, 5.41) is 11.7. The maximum absolute atomic E-state index is 14.4. The molecule has 15 heteroatoms. The molecule has 1 atom stereocenters. The van der Waals surface area contributed by atoms with E-state index in [4.69, 9.17) is 17.1 Å². The van der Waals surface area contributed by atoms with Crippen LogP contribution in [0.1, 0.15) is 40.3 Å². The molecule has 0 aliphatic rings. The third kappa shape index (κ3) is 6.06. The predicted molar refractivity (Wildman–Crippen MR) is 186 cm³/mol. The van der Waals surface area contributed by atoms with Crippen molar-refractivity contribution >= 4 is 59.7 Å². The molecule has 11 nitrogen and oxygen atoms in total. The second-order valence-corrected chi connectivity index (χ2v) is 10.9. The van der Waals surface area contributed by atoms with Crippen LogP contribution in [-0.2, 0) is 13.6 Å². The molecule has 0 aliphatic heterocycles. The van der Waals surface area contributed by atoms with E-state index in [-0.39, 0.29) is 23.5 Å². The molecule has 4 heterocycles. The standard InChI is InChI=1S/C30H29B4N9O2/c1-4-19(31)24(33)25(34)20(32)15-42-27(16(2)38-29(44)23-26(35)40-43-12-6-11-36-28(23)43)39-21-8-5-7-18(22(21)30(42)45)10-9-17-13-37-41(3)14-17/h1,5-8,11-14,16H,15,31-34H2,2-3H3,(H2,35,40)(H,38,44)/b24-19-,25-20-/t16-/m0/s1. The zero-order chi connectivity index (χ0) is 32.4. The van der Waals surface area contributed by atoms with Gasteiger partial charge in [0.25, 0.3) is 11.5 Å². The molecular weight excluding hydrogens is 562 g/mol. The highest BCUT2D eigenvalue weighted by atomic mass is 16.2. The zero-order valence-corrected chi connectivity index (χ0v) is 26.0. The Labute approximate surface area is 263 Å². The first kappa shape index (κ1) is 30.8. The number of rotatable bonds is 6. The number of terminal acetylenes is 1. The molecule has 45 heavy (non-hydrogen) atoms. The molecule has 1 aromatic carbocycles. The van der Waals surface area contributed by atoms with Crippen molar-refractivity contribution in [3.63, 3.8) is 0 Å². The van der Waals surface area contributed by atoms with Gasteiger partial charge in [-0.15, -0.1) is 17.0 Å². The lowest BCUT2D eigenvalue weighted by Gasteiger charge is -2.21. The number of anilines is 1. The van der Waals surface area contributed by atoms with E-state index in [1.54, 1.807) is 65.2 Å². The summed E-state index contributed by atoms with van der Waals surface area (Å²) in [6, 6.07) is 6.35. The van der Waals surface area contributed by atoms with Gasteiger partial charge in [-0.25, -0.2) is 14.5 Å². The van der Waals surface area contributed by atoms with Crippen molar-refractivity contribution in [3.8, 4) is 24.2 Å². The van der Waals surface area contributed by atoms with Gasteiger partial charge in [-0.2, -0.15) is 5.10 Å². The van der Waals surface area contributed by atoms with Crippen LogP contribution in [0.25, 0.3) is 16.6 Å². The molecule has 5 aromatic rings. The van der Waals surface area contributed by atoms with Crippen LogP contribution in [-0.4, -0.2) is 71.2 Å². The van der Waals surface area contributed by atoms with E-state index in [0.717, 1.165) is 27.5 Å². The highest BCUT2D eigenvalue weighted by Crippen LogP contribution is 2.21. The maximum atomic E-state index is 14.4. The number of nitrogens with one attached hydrogen (secondary N) is 1. The second-order valence-electron chi connectivity index (χ2n) is 10.9. The summed E-state index contributed by atoms with van der Waals surface area (Å²) in [4.78, 5) is 37.1. The average molecular weight is 591 g/mol. The first-order valence-corrected chi connectivity index (χ1v) is 14.2. The van der Waals surface area contributed by atoms with E-state index < -0.39 is 11.9 Å². The summed E-state index contributed by atoms with van der Waals surface area (Å²) in [5.41, 5.74) is 11.6. The Morgan fingerprint density at radius 3 is 2.64 bits per heavy atom. The van der Waals surface area contributed by atoms with E-state index >= 15 is 0 Å². The number of hydrogen-bond acceptors (Lipinski definition) is 7. The molecule has 4 aromatic heterocycles. The fraction of sp³-hybridized carbons (Fsp3) is 0.133. The molecular formula is C30H29B4N9O2. The fourth-order valence-corrected chi connectivity index (χ4v) is 5.01. The lowest BCUT2D eigenvalue weighted by Crippen LogP contribution is -2.35. The van der Waals surface area contributed by atoms with Crippen LogP contribution >= 0.6 is 0 Å². The third-order valence-corrected chi connectivity index (χ3v) is 7.82. The van der Waals surface area contributed by atoms with Crippen molar-refractivity contribution in [1.82, 2.24) is 39.2 Å². The number of fused-ring (bicyclic) bond motifs is 2. The summed E-state index contributed by atoms with van der Waals surface area (Å²) in [6.45, 7) is 1.98. The molecule has 5 rings (SSSR count). The number of carbonyl (C=O) groups is 1. The van der Waals surface area contributed by atoms with E-state index in [1.807, 2.05) is 38.4 Å². The quantitative estimate of drug-likeness (QED) is 0.136. The van der Waals surface area contributed by atoms with Crippen LogP contribution in [0, 0.1) is 24.2 Å². The lowest BCUT2D eigenvalue weighted by atomic mass is 9.66. The monoisotopic (exact) mass is 591 g/mol. The smallest absolute Gasteiger partial charge is 0.262 e. The van der Waals surface area contributed by atoms with Crippen LogP contribution < -0.4 is 16.6 Å². The summed E-state index contributed by atoms with van der Waals surface area (Å²) in [6.07, 6.45) is 12.3. The number of amides is 1. The number of hydrogen-bond donors (Lipinski definition) is 2. The third-order valence-electron chi connectivity index (χ3n) is 7.82. The second kappa shape index (κ2) is 12.5. The van der Waals surface area contributed by atoms with Gasteiger partial charge < -0.3 is 11.1 Å². The number of aryl methyl sites for hydroxylation is 1. The minimum atomic E-state index is -0.699. The van der Waals surface area contributed by atoms with E-state index in [9.17, 15) is 9.59 Å². The lowest BCUT2D eigenvalue weighted by molar-refractivity contribution is 0.0939. The van der Waals surface area contributed by atoms with Crippen LogP contribution in [0.3, 0.4) is 0 Å². The largest absolute Gasteiger partial charge is 0.381 e. The maximum Gasteiger partial charge on any atom is 0.262 e. The molecule has 3 N–H and O–H groups in total. The molecule has 0 saturated heterocycles. The number of nitrogens with two attached hydrogens (primary N) is 1. The van der Waals surface area contributed by atoms with Gasteiger partial charge in [0.05, 0.1) is 28.7 Å². The van der Waals surface area contributed by atoms with Crippen LogP contribution in [0.15, 0.2) is 75.7 Å². The number of carbonyl (C=O) groups excluding carboxylic acids is 1. The van der Waals surface area contributed by atoms with E-state index in [0.29, 0.717) is 27.9 Å². The van der Waals surface area contributed by atoms with Crippen molar-refractivity contribution in [2.75, 3.05) is 5.73 Å². The summed E-state index contributed by atoms with van der Waals surface area (Å²) in [7, 11) is 9.58. The zero-order valence-electron chi connectivity index (χ0n) is 26.0. The molecule has 0 spiro atoms. The van der Waals surface area contributed by atoms with Crippen LogP contribution in [0.5, 0.6) is 0 Å². The summed E-state index contributed by atoms with van der Waals surface area (Å²) >= 11 is 0. The number of aromatic nitrogens is 7. The molecule has 0 fully saturated rings. The van der Waals surface area contributed by atoms with Gasteiger partial charge in [0.2, 0.25) is 0 Å². The molecule has 0 radical (unpaired) electrons. The highest BCUT2D eigenvalue weighted by Gasteiger charge is 2.24. The van der Waals surface area contributed by atoms with Crippen molar-refractivity contribution in [3.05, 3.63) is 104 Å². The van der Waals surface area contributed by atoms with Crippen molar-refractivity contribution in [1.29, 1.82) is 0 Å². The number of allylic oxidation sites excluding steroid dienone is 4. The first-order chi connectivity index (χ1) is 21.5. The molecule has 1 amide bonds. The number of nitrogens with zero attached hydrogens (tertiary/aromatic N) is 7. The topological polar surface area (TPSA) is 138 Å². The first-order valence-electron chi connectivity index (χ1n) is 14.2. The highest BCUT2D eigenvalue weighted by molar-refractivity contribution is 6.44. The van der Waals surface area contributed by atoms with Crippen molar-refractivity contribution in [2.45, 2.75) is 19.5 Å². The van der Waals surface area contributed by atoms with Gasteiger partial charge >= 0.3 is 0 Å². The van der Waals surface area contributed by atoms with E-state index in [1.165, 1.54) is 4.52 Å². The molecule has 0 aliphatic carbocycles. The van der Waals surface area contributed by atoms with Gasteiger partial charge in [0.15, 0.2) is 11.5 Å². The Morgan fingerprint density at radius 2 is 1.93 bits per heavy atom. The number of benzene rings is 1. The van der Waals surface area contributed by atoms with Gasteiger partial charge in [0, 0.05) is 37.7 Å². The minimum absolute atomic E-state index is 0.0413. The molecule has 0 bridgehead atoms. The van der Waals surface area contributed by atoms with E-state index in [2.05, 4.69) is 38.3 Å². The van der Waals surface area contributed by atoms with Crippen LogP contribution in [0.4, 0.5) is 5.82 Å². The Balaban J connectivity index is 1.65. The number of nitrogen functional groups attached to an aromatic ring is 1. The normalized spacial score (nSPS) is 12.9. The SMILES string of the molecule is B/C(C#C)=C(B)/C(B)=C(/B)Cn1c([C@H](C)NC(=O)c2c(N)nn3cccnc23)nc2cccc(C#Cc3cnn(C)c3)c2c1=O. The summed E-state index contributed by atoms with van der Waals surface area (Å²) < 4.78 is 4.69. The Bertz CT molecular complexity index is 2230. The summed E-state index contributed by atoms with van der Waals surface area (Å²) in [5.74, 6) is 8.82. The van der Waals surface area contributed by atoms with Gasteiger partial charge in [0.1, 0.15) is 42.8 Å². The minimum Gasteiger partial charge on any atom is -0.381 e. The average Bonchev–Trinajstić information content (AvgIpc) is 3.60. The van der Waals surface area contributed by atoms with Gasteiger partial charge in [-0.1, -0.05) is 34.8 Å². The fourth-order valence-electron chi connectivity index (χ4n) is 5.01. The van der Waals surface area contributed by atoms with Gasteiger partial charge in [-0.3, -0.25) is 18.8 Å². The Hall–Kier alpha value is -5.68. The Kier molecular flexibility index (Phi) is 8.55. The molecule has 218 valence electrons. The van der Waals surface area contributed by atoms with Crippen molar-refractivity contribution < 1.29 is 4.79 Å². The molecule has 0 saturated carbocycles. The Morgan fingerprint density at radius 1 is 1.16 bits per heavy atom. The molecule has 0 unspecified atom stereocenters.